The molecular formula is C18H20N4O4. The quantitative estimate of drug-likeness (QED) is 0.835. The second-order valence-corrected chi connectivity index (χ2v) is 5.78. The van der Waals surface area contributed by atoms with E-state index in [-0.39, 0.29) is 11.9 Å². The number of benzene rings is 1. The van der Waals surface area contributed by atoms with Gasteiger partial charge >= 0.3 is 5.97 Å². The van der Waals surface area contributed by atoms with Gasteiger partial charge in [0.05, 0.1) is 31.6 Å². The predicted octanol–water partition coefficient (Wildman–Crippen LogP) is 1.79. The van der Waals surface area contributed by atoms with Crippen LogP contribution < -0.4 is 5.32 Å². The number of rotatable bonds is 4. The number of amides is 1. The Kier molecular flexibility index (Phi) is 5.43. The molecule has 8 heteroatoms. The first-order valence-electron chi connectivity index (χ1n) is 8.25. The summed E-state index contributed by atoms with van der Waals surface area (Å²) < 4.78 is 10.1. The Bertz CT molecular complexity index is 819. The normalized spacial score (nSPS) is 14.0. The van der Waals surface area contributed by atoms with Crippen LogP contribution in [0.25, 0.3) is 0 Å². The van der Waals surface area contributed by atoms with E-state index in [0.717, 1.165) is 0 Å². The first kappa shape index (κ1) is 17.8. The minimum Gasteiger partial charge on any atom is -0.465 e. The van der Waals surface area contributed by atoms with E-state index in [0.29, 0.717) is 48.9 Å². The summed E-state index contributed by atoms with van der Waals surface area (Å²) in [7, 11) is 1.32. The van der Waals surface area contributed by atoms with Gasteiger partial charge in [0.2, 0.25) is 5.95 Å². The molecular weight excluding hydrogens is 336 g/mol. The molecule has 2 aromatic rings. The van der Waals surface area contributed by atoms with Gasteiger partial charge in [-0.3, -0.25) is 4.79 Å². The molecule has 1 aromatic carbocycles. The SMILES string of the molecule is COC(=O)c1ccccc1Nc1nc(C)cc(C(=O)N2CCOCC2)n1. The molecule has 0 saturated carbocycles. The van der Waals surface area contributed by atoms with Crippen LogP contribution in [0.3, 0.4) is 0 Å². The van der Waals surface area contributed by atoms with Gasteiger partial charge in [0.25, 0.3) is 5.91 Å². The molecule has 0 atom stereocenters. The second kappa shape index (κ2) is 7.92. The average molecular weight is 356 g/mol. The fourth-order valence-electron chi connectivity index (χ4n) is 2.66. The topological polar surface area (TPSA) is 93.6 Å². The van der Waals surface area contributed by atoms with Crippen molar-refractivity contribution < 1.29 is 19.1 Å². The van der Waals surface area contributed by atoms with Crippen molar-refractivity contribution in [2.75, 3.05) is 38.7 Å². The van der Waals surface area contributed by atoms with Gasteiger partial charge in [0, 0.05) is 18.8 Å². The highest BCUT2D eigenvalue weighted by atomic mass is 16.5. The number of methoxy groups -OCH3 is 1. The number of anilines is 2. The summed E-state index contributed by atoms with van der Waals surface area (Å²) in [5.74, 6) is -0.383. The summed E-state index contributed by atoms with van der Waals surface area (Å²) in [5, 5.41) is 3.01. The number of aryl methyl sites for hydroxylation is 1. The number of carbonyl (C=O) groups is 2. The van der Waals surface area contributed by atoms with Gasteiger partial charge in [-0.05, 0) is 25.1 Å². The molecule has 8 nitrogen and oxygen atoms in total. The number of nitrogens with one attached hydrogen (secondary N) is 1. The first-order chi connectivity index (χ1) is 12.6. The second-order valence-electron chi connectivity index (χ2n) is 5.78. The average Bonchev–Trinajstić information content (AvgIpc) is 2.67. The monoisotopic (exact) mass is 356 g/mol. The number of hydrogen-bond donors (Lipinski definition) is 1. The molecule has 1 fully saturated rings. The summed E-state index contributed by atoms with van der Waals surface area (Å²) in [6, 6.07) is 8.53. The van der Waals surface area contributed by atoms with Gasteiger partial charge in [-0.1, -0.05) is 12.1 Å². The maximum absolute atomic E-state index is 12.7. The van der Waals surface area contributed by atoms with E-state index in [1.807, 2.05) is 0 Å². The molecule has 26 heavy (non-hydrogen) atoms. The van der Waals surface area contributed by atoms with E-state index >= 15 is 0 Å². The molecule has 1 saturated heterocycles. The van der Waals surface area contributed by atoms with Gasteiger partial charge in [0.15, 0.2) is 0 Å². The zero-order valence-electron chi connectivity index (χ0n) is 14.7. The Hall–Kier alpha value is -3.00. The van der Waals surface area contributed by atoms with Crippen LogP contribution in [0.4, 0.5) is 11.6 Å². The van der Waals surface area contributed by atoms with E-state index in [1.54, 1.807) is 42.2 Å². The van der Waals surface area contributed by atoms with E-state index in [2.05, 4.69) is 15.3 Å². The lowest BCUT2D eigenvalue weighted by atomic mass is 10.2. The van der Waals surface area contributed by atoms with E-state index in [1.165, 1.54) is 7.11 Å². The van der Waals surface area contributed by atoms with Gasteiger partial charge < -0.3 is 19.7 Å². The fourth-order valence-corrected chi connectivity index (χ4v) is 2.66. The lowest BCUT2D eigenvalue weighted by molar-refractivity contribution is 0.0299. The minimum absolute atomic E-state index is 0.164. The van der Waals surface area contributed by atoms with Gasteiger partial charge in [0.1, 0.15) is 5.69 Å². The standard InChI is InChI=1S/C18H20N4O4/c1-12-11-15(16(23)22-7-9-26-10-8-22)21-18(19-12)20-14-6-4-3-5-13(14)17(24)25-2/h3-6,11H,7-10H2,1-2H3,(H,19,20,21). The third kappa shape index (κ3) is 3.97. The van der Waals surface area contributed by atoms with Crippen LogP contribution in [-0.4, -0.2) is 60.2 Å². The zero-order valence-corrected chi connectivity index (χ0v) is 14.7. The van der Waals surface area contributed by atoms with Crippen LogP contribution in [0.2, 0.25) is 0 Å². The summed E-state index contributed by atoms with van der Waals surface area (Å²) in [5.41, 5.74) is 1.82. The minimum atomic E-state index is -0.467. The number of esters is 1. The first-order valence-corrected chi connectivity index (χ1v) is 8.25. The molecule has 1 N–H and O–H groups in total. The lowest BCUT2D eigenvalue weighted by Gasteiger charge is -2.26. The molecule has 136 valence electrons. The summed E-state index contributed by atoms with van der Waals surface area (Å²) in [6.07, 6.45) is 0. The number of para-hydroxylation sites is 1. The summed E-state index contributed by atoms with van der Waals surface area (Å²) >= 11 is 0. The van der Waals surface area contributed by atoms with E-state index in [9.17, 15) is 9.59 Å². The predicted molar refractivity (Wildman–Crippen MR) is 94.6 cm³/mol. The smallest absolute Gasteiger partial charge is 0.339 e. The van der Waals surface area contributed by atoms with Gasteiger partial charge in [-0.25, -0.2) is 14.8 Å². The fraction of sp³-hybridized carbons (Fsp3) is 0.333. The molecule has 1 aliphatic rings. The molecule has 0 radical (unpaired) electrons. The van der Waals surface area contributed by atoms with Crippen LogP contribution >= 0.6 is 0 Å². The number of nitrogens with zero attached hydrogens (tertiary/aromatic N) is 3. The summed E-state index contributed by atoms with van der Waals surface area (Å²) in [6.45, 7) is 3.90. The number of aromatic nitrogens is 2. The highest BCUT2D eigenvalue weighted by Crippen LogP contribution is 2.20. The van der Waals surface area contributed by atoms with Crippen LogP contribution in [0.1, 0.15) is 26.5 Å². The van der Waals surface area contributed by atoms with Crippen molar-refractivity contribution in [3.05, 3.63) is 47.3 Å². The van der Waals surface area contributed by atoms with Crippen molar-refractivity contribution >= 4 is 23.5 Å². The molecule has 1 aliphatic heterocycles. The third-order valence-corrected chi connectivity index (χ3v) is 3.95. The molecule has 0 spiro atoms. The molecule has 3 rings (SSSR count). The highest BCUT2D eigenvalue weighted by Gasteiger charge is 2.21. The Morgan fingerprint density at radius 3 is 2.65 bits per heavy atom. The zero-order chi connectivity index (χ0) is 18.5. The largest absolute Gasteiger partial charge is 0.465 e. The molecule has 0 aliphatic carbocycles. The molecule has 0 bridgehead atoms. The maximum Gasteiger partial charge on any atom is 0.339 e. The van der Waals surface area contributed by atoms with Crippen molar-refractivity contribution in [3.8, 4) is 0 Å². The van der Waals surface area contributed by atoms with E-state index < -0.39 is 5.97 Å². The summed E-state index contributed by atoms with van der Waals surface area (Å²) in [4.78, 5) is 34.9. The maximum atomic E-state index is 12.7. The lowest BCUT2D eigenvalue weighted by Crippen LogP contribution is -2.41. The van der Waals surface area contributed by atoms with Crippen molar-refractivity contribution in [2.24, 2.45) is 0 Å². The van der Waals surface area contributed by atoms with Crippen molar-refractivity contribution in [1.82, 2.24) is 14.9 Å². The Balaban J connectivity index is 1.87. The Morgan fingerprint density at radius 1 is 1.19 bits per heavy atom. The van der Waals surface area contributed by atoms with Crippen LogP contribution in [0.15, 0.2) is 30.3 Å². The molecule has 2 heterocycles. The van der Waals surface area contributed by atoms with Crippen molar-refractivity contribution in [1.29, 1.82) is 0 Å². The Labute approximate surface area is 151 Å². The van der Waals surface area contributed by atoms with Crippen molar-refractivity contribution in [3.63, 3.8) is 0 Å². The number of hydrogen-bond acceptors (Lipinski definition) is 7. The number of carbonyl (C=O) groups excluding carboxylic acids is 2. The van der Waals surface area contributed by atoms with Gasteiger partial charge in [-0.2, -0.15) is 0 Å². The molecule has 1 aromatic heterocycles. The molecule has 1 amide bonds. The van der Waals surface area contributed by atoms with Crippen LogP contribution in [0.5, 0.6) is 0 Å². The van der Waals surface area contributed by atoms with E-state index in [4.69, 9.17) is 9.47 Å². The number of morpholine rings is 1. The molecule has 0 unspecified atom stereocenters. The van der Waals surface area contributed by atoms with Crippen LogP contribution in [-0.2, 0) is 9.47 Å². The Morgan fingerprint density at radius 2 is 1.92 bits per heavy atom. The van der Waals surface area contributed by atoms with Crippen molar-refractivity contribution in [2.45, 2.75) is 6.92 Å². The third-order valence-electron chi connectivity index (χ3n) is 3.95. The van der Waals surface area contributed by atoms with Crippen LogP contribution in [0, 0.1) is 6.92 Å². The highest BCUT2D eigenvalue weighted by molar-refractivity contribution is 5.96. The number of ether oxygens (including phenoxy) is 2. The van der Waals surface area contributed by atoms with Gasteiger partial charge in [-0.15, -0.1) is 0 Å².